The summed E-state index contributed by atoms with van der Waals surface area (Å²) in [5.41, 5.74) is 1.26. The summed E-state index contributed by atoms with van der Waals surface area (Å²) in [5.74, 6) is 1.31. The van der Waals surface area contributed by atoms with Gasteiger partial charge in [0.05, 0.1) is 8.67 Å². The van der Waals surface area contributed by atoms with Crippen LogP contribution in [-0.2, 0) is 0 Å². The van der Waals surface area contributed by atoms with E-state index in [1.165, 1.54) is 29.7 Å². The summed E-state index contributed by atoms with van der Waals surface area (Å²) in [4.78, 5) is 0. The fraction of sp³-hybridized carbons (Fsp3) is 0.667. The zero-order valence-electron chi connectivity index (χ0n) is 9.59. The van der Waals surface area contributed by atoms with Gasteiger partial charge >= 0.3 is 0 Å². The first-order valence-electron chi connectivity index (χ1n) is 5.85. The van der Waals surface area contributed by atoms with E-state index in [0.29, 0.717) is 17.9 Å². The first kappa shape index (κ1) is 12.7. The van der Waals surface area contributed by atoms with Crippen LogP contribution in [0.1, 0.15) is 38.2 Å². The molecule has 1 nitrogen and oxygen atoms in total. The normalized spacial score (nSPS) is 29.1. The number of hydrogen-bond donors (Lipinski definition) is 1. The molecule has 0 aromatic carbocycles. The Bertz CT molecular complexity index is 364. The number of halogens is 2. The molecule has 1 aromatic heterocycles. The van der Waals surface area contributed by atoms with Crippen molar-refractivity contribution in [3.63, 3.8) is 0 Å². The van der Waals surface area contributed by atoms with Crippen LogP contribution in [0.3, 0.4) is 0 Å². The van der Waals surface area contributed by atoms with E-state index in [4.69, 9.17) is 23.2 Å². The van der Waals surface area contributed by atoms with E-state index in [2.05, 4.69) is 19.2 Å². The topological polar surface area (TPSA) is 12.0 Å². The van der Waals surface area contributed by atoms with Crippen LogP contribution in [0.15, 0.2) is 6.07 Å². The fourth-order valence-electron chi connectivity index (χ4n) is 2.74. The highest BCUT2D eigenvalue weighted by atomic mass is 35.5. The third-order valence-corrected chi connectivity index (χ3v) is 5.08. The van der Waals surface area contributed by atoms with Gasteiger partial charge in [-0.25, -0.2) is 0 Å². The first-order valence-corrected chi connectivity index (χ1v) is 7.42. The molecule has 1 saturated carbocycles. The molecule has 1 heterocycles. The minimum absolute atomic E-state index is 0.602. The molecule has 1 fully saturated rings. The third kappa shape index (κ3) is 2.26. The van der Waals surface area contributed by atoms with Gasteiger partial charge in [-0.2, -0.15) is 0 Å². The maximum atomic E-state index is 6.21. The predicted molar refractivity (Wildman–Crippen MR) is 72.9 cm³/mol. The summed E-state index contributed by atoms with van der Waals surface area (Å²) in [5, 5.41) is 3.54. The van der Waals surface area contributed by atoms with Gasteiger partial charge in [-0.3, -0.25) is 0 Å². The second kappa shape index (κ2) is 5.26. The summed E-state index contributed by atoms with van der Waals surface area (Å²) < 4.78 is 1.69. The van der Waals surface area contributed by atoms with Crippen molar-refractivity contribution >= 4 is 34.5 Å². The van der Waals surface area contributed by atoms with E-state index in [-0.39, 0.29) is 0 Å². The highest BCUT2D eigenvalue weighted by molar-refractivity contribution is 7.20. The zero-order chi connectivity index (χ0) is 11.7. The molecule has 0 radical (unpaired) electrons. The van der Waals surface area contributed by atoms with E-state index in [1.807, 2.05) is 6.07 Å². The molecule has 0 aliphatic heterocycles. The second-order valence-electron chi connectivity index (χ2n) is 4.36. The second-order valence-corrected chi connectivity index (χ2v) is 6.64. The van der Waals surface area contributed by atoms with Crippen LogP contribution in [0.5, 0.6) is 0 Å². The summed E-state index contributed by atoms with van der Waals surface area (Å²) in [6.45, 7) is 5.46. The van der Waals surface area contributed by atoms with Crippen molar-refractivity contribution in [2.75, 3.05) is 6.54 Å². The van der Waals surface area contributed by atoms with Crippen LogP contribution < -0.4 is 5.32 Å². The van der Waals surface area contributed by atoms with Crippen molar-refractivity contribution in [2.24, 2.45) is 5.92 Å². The largest absolute Gasteiger partial charge is 0.314 e. The molecule has 90 valence electrons. The van der Waals surface area contributed by atoms with E-state index in [1.54, 1.807) is 0 Å². The number of rotatable bonds is 4. The monoisotopic (exact) mass is 277 g/mol. The van der Waals surface area contributed by atoms with Gasteiger partial charge < -0.3 is 5.32 Å². The highest BCUT2D eigenvalue weighted by Gasteiger charge is 2.41. The average molecular weight is 278 g/mol. The van der Waals surface area contributed by atoms with Crippen LogP contribution in [0.4, 0.5) is 0 Å². The predicted octanol–water partition coefficient (Wildman–Crippen LogP) is 4.55. The smallest absolute Gasteiger partial charge is 0.0979 e. The van der Waals surface area contributed by atoms with Crippen molar-refractivity contribution in [1.29, 1.82) is 0 Å². The van der Waals surface area contributed by atoms with Gasteiger partial charge in [0.15, 0.2) is 0 Å². The van der Waals surface area contributed by atoms with Crippen LogP contribution in [-0.4, -0.2) is 12.6 Å². The lowest BCUT2D eigenvalue weighted by Crippen LogP contribution is -2.48. The quantitative estimate of drug-likeness (QED) is 0.852. The molecule has 1 aliphatic carbocycles. The molecule has 3 atom stereocenters. The van der Waals surface area contributed by atoms with Crippen LogP contribution in [0.25, 0.3) is 0 Å². The molecule has 1 N–H and O–H groups in total. The summed E-state index contributed by atoms with van der Waals surface area (Å²) in [7, 11) is 0. The van der Waals surface area contributed by atoms with Crippen molar-refractivity contribution in [1.82, 2.24) is 5.32 Å². The van der Waals surface area contributed by atoms with Crippen molar-refractivity contribution < 1.29 is 0 Å². The number of nitrogens with one attached hydrogen (secondary N) is 1. The molecule has 1 aromatic rings. The Morgan fingerprint density at radius 1 is 1.44 bits per heavy atom. The van der Waals surface area contributed by atoms with Crippen molar-refractivity contribution in [3.05, 3.63) is 20.3 Å². The maximum Gasteiger partial charge on any atom is 0.0979 e. The van der Waals surface area contributed by atoms with E-state index in [0.717, 1.165) is 15.2 Å². The lowest BCUT2D eigenvalue weighted by atomic mass is 9.65. The molecular formula is C12H17Cl2NS. The lowest BCUT2D eigenvalue weighted by Gasteiger charge is -2.45. The van der Waals surface area contributed by atoms with Crippen LogP contribution in [0.2, 0.25) is 8.67 Å². The minimum Gasteiger partial charge on any atom is -0.314 e. The number of thiophene rings is 1. The van der Waals surface area contributed by atoms with E-state index in [9.17, 15) is 0 Å². The van der Waals surface area contributed by atoms with Crippen LogP contribution in [0, 0.1) is 5.92 Å². The Balaban J connectivity index is 2.09. The van der Waals surface area contributed by atoms with Gasteiger partial charge in [-0.15, -0.1) is 11.3 Å². The zero-order valence-corrected chi connectivity index (χ0v) is 11.9. The van der Waals surface area contributed by atoms with Gasteiger partial charge in [-0.05, 0) is 36.4 Å². The first-order chi connectivity index (χ1) is 7.67. The molecule has 0 saturated heterocycles. The van der Waals surface area contributed by atoms with Gasteiger partial charge in [-0.1, -0.05) is 43.5 Å². The Labute approximate surface area is 111 Å². The van der Waals surface area contributed by atoms with E-state index < -0.39 is 0 Å². The molecule has 4 heteroatoms. The van der Waals surface area contributed by atoms with Gasteiger partial charge in [0.25, 0.3) is 0 Å². The molecule has 1 aliphatic rings. The Kier molecular flexibility index (Phi) is 4.17. The summed E-state index contributed by atoms with van der Waals surface area (Å²) >= 11 is 13.7. The average Bonchev–Trinajstić information content (AvgIpc) is 2.52. The molecule has 0 spiro atoms. The SMILES string of the molecule is CCNC1CC(c2cc(Cl)sc2Cl)C1CC. The number of hydrogen-bond acceptors (Lipinski definition) is 2. The molecular weight excluding hydrogens is 261 g/mol. The molecule has 3 unspecified atom stereocenters. The molecule has 2 rings (SSSR count). The molecule has 0 bridgehead atoms. The summed E-state index contributed by atoms with van der Waals surface area (Å²) in [6.07, 6.45) is 2.39. The highest BCUT2D eigenvalue weighted by Crippen LogP contribution is 2.49. The minimum atomic E-state index is 0.602. The Hall–Kier alpha value is 0.240. The van der Waals surface area contributed by atoms with E-state index >= 15 is 0 Å². The summed E-state index contributed by atoms with van der Waals surface area (Å²) in [6, 6.07) is 2.71. The fourth-order valence-corrected chi connectivity index (χ4v) is 4.33. The molecule has 16 heavy (non-hydrogen) atoms. The maximum absolute atomic E-state index is 6.21. The third-order valence-electron chi connectivity index (χ3n) is 3.56. The van der Waals surface area contributed by atoms with Gasteiger partial charge in [0.1, 0.15) is 0 Å². The standard InChI is InChI=1S/C12H17Cl2NS/c1-3-7-8(5-10(7)15-4-2)9-6-11(13)16-12(9)14/h6-8,10,15H,3-5H2,1-2H3. The van der Waals surface area contributed by atoms with Crippen LogP contribution >= 0.6 is 34.5 Å². The lowest BCUT2D eigenvalue weighted by molar-refractivity contribution is 0.163. The Morgan fingerprint density at radius 3 is 2.69 bits per heavy atom. The Morgan fingerprint density at radius 2 is 2.19 bits per heavy atom. The van der Waals surface area contributed by atoms with Crippen molar-refractivity contribution in [2.45, 2.75) is 38.6 Å². The van der Waals surface area contributed by atoms with Gasteiger partial charge in [0, 0.05) is 6.04 Å². The van der Waals surface area contributed by atoms with Crippen molar-refractivity contribution in [3.8, 4) is 0 Å². The van der Waals surface area contributed by atoms with Gasteiger partial charge in [0.2, 0.25) is 0 Å². The molecule has 0 amide bonds.